The highest BCUT2D eigenvalue weighted by atomic mass is 16.5. The van der Waals surface area contributed by atoms with E-state index in [9.17, 15) is 4.79 Å². The highest BCUT2D eigenvalue weighted by molar-refractivity contribution is 5.92. The molecular weight excluding hydrogens is 342 g/mol. The van der Waals surface area contributed by atoms with Crippen LogP contribution in [-0.4, -0.2) is 25.8 Å². The van der Waals surface area contributed by atoms with Gasteiger partial charge < -0.3 is 10.5 Å². The van der Waals surface area contributed by atoms with Crippen LogP contribution in [0.2, 0.25) is 0 Å². The number of carbonyl (C=O) groups excluding carboxylic acids is 1. The van der Waals surface area contributed by atoms with E-state index in [0.29, 0.717) is 17.9 Å². The van der Waals surface area contributed by atoms with Crippen LogP contribution in [0.3, 0.4) is 0 Å². The molecule has 1 unspecified atom stereocenters. The molecular formula is C20H19N5O2. The molecule has 2 aromatic carbocycles. The van der Waals surface area contributed by atoms with Gasteiger partial charge in [0.15, 0.2) is 11.5 Å². The standard InChI is InChI=1S/C20H19N5O2/c21-17(10-11-18(26)27-13-14-6-2-1-3-7-14)20-24-23-19-16-9-5-4-8-15(16)12-22-25(19)20/h1-9,12,17H,10-11,13,21H2. The zero-order valence-electron chi connectivity index (χ0n) is 14.7. The molecule has 2 N–H and O–H groups in total. The third kappa shape index (κ3) is 3.63. The Morgan fingerprint density at radius 1 is 1.07 bits per heavy atom. The van der Waals surface area contributed by atoms with Crippen molar-refractivity contribution in [2.75, 3.05) is 0 Å². The summed E-state index contributed by atoms with van der Waals surface area (Å²) in [4.78, 5) is 12.0. The van der Waals surface area contributed by atoms with Crippen LogP contribution in [0.4, 0.5) is 0 Å². The average Bonchev–Trinajstić information content (AvgIpc) is 3.16. The number of hydrogen-bond donors (Lipinski definition) is 1. The van der Waals surface area contributed by atoms with Gasteiger partial charge >= 0.3 is 5.97 Å². The maximum Gasteiger partial charge on any atom is 0.306 e. The Hall–Kier alpha value is -3.32. The fourth-order valence-corrected chi connectivity index (χ4v) is 2.95. The van der Waals surface area contributed by atoms with Crippen LogP contribution in [0.15, 0.2) is 60.8 Å². The molecule has 0 aliphatic heterocycles. The number of nitrogens with zero attached hydrogens (tertiary/aromatic N) is 4. The lowest BCUT2D eigenvalue weighted by molar-refractivity contribution is -0.145. The predicted octanol–water partition coefficient (Wildman–Crippen LogP) is 2.80. The minimum atomic E-state index is -0.460. The van der Waals surface area contributed by atoms with Crippen LogP contribution >= 0.6 is 0 Å². The Balaban J connectivity index is 1.41. The Labute approximate surface area is 155 Å². The molecule has 7 heteroatoms. The summed E-state index contributed by atoms with van der Waals surface area (Å²) in [5.41, 5.74) is 7.85. The fourth-order valence-electron chi connectivity index (χ4n) is 2.95. The predicted molar refractivity (Wildman–Crippen MR) is 101 cm³/mol. The molecule has 4 rings (SSSR count). The molecule has 0 saturated carbocycles. The van der Waals surface area contributed by atoms with Gasteiger partial charge in [-0.3, -0.25) is 4.79 Å². The van der Waals surface area contributed by atoms with E-state index >= 15 is 0 Å². The zero-order valence-corrected chi connectivity index (χ0v) is 14.7. The van der Waals surface area contributed by atoms with Gasteiger partial charge in [-0.15, -0.1) is 10.2 Å². The first-order valence-electron chi connectivity index (χ1n) is 8.76. The third-order valence-corrected chi connectivity index (χ3v) is 4.41. The number of esters is 1. The molecule has 0 aliphatic rings. The Morgan fingerprint density at radius 3 is 2.70 bits per heavy atom. The molecule has 136 valence electrons. The van der Waals surface area contributed by atoms with Crippen LogP contribution in [0.25, 0.3) is 16.4 Å². The number of hydrogen-bond acceptors (Lipinski definition) is 6. The minimum absolute atomic E-state index is 0.205. The van der Waals surface area contributed by atoms with Crippen molar-refractivity contribution in [2.45, 2.75) is 25.5 Å². The maximum absolute atomic E-state index is 12.0. The van der Waals surface area contributed by atoms with Gasteiger partial charge in [0.25, 0.3) is 0 Å². The SMILES string of the molecule is NC(CCC(=O)OCc1ccccc1)c1nnc2c3ccccc3cnn12. The highest BCUT2D eigenvalue weighted by Crippen LogP contribution is 2.20. The largest absolute Gasteiger partial charge is 0.461 e. The summed E-state index contributed by atoms with van der Waals surface area (Å²) in [5.74, 6) is 0.244. The average molecular weight is 361 g/mol. The highest BCUT2D eigenvalue weighted by Gasteiger charge is 2.18. The lowest BCUT2D eigenvalue weighted by Crippen LogP contribution is -2.17. The molecule has 4 aromatic rings. The van der Waals surface area contributed by atoms with E-state index in [-0.39, 0.29) is 19.0 Å². The number of fused-ring (bicyclic) bond motifs is 3. The molecule has 0 saturated heterocycles. The first kappa shape index (κ1) is 17.1. The summed E-state index contributed by atoms with van der Waals surface area (Å²) in [6.45, 7) is 0.260. The Morgan fingerprint density at radius 2 is 1.85 bits per heavy atom. The van der Waals surface area contributed by atoms with Crippen molar-refractivity contribution < 1.29 is 9.53 Å². The van der Waals surface area contributed by atoms with Gasteiger partial charge in [0, 0.05) is 17.2 Å². The van der Waals surface area contributed by atoms with Gasteiger partial charge in [0.1, 0.15) is 6.61 Å². The minimum Gasteiger partial charge on any atom is -0.461 e. The summed E-state index contributed by atoms with van der Waals surface area (Å²) >= 11 is 0. The summed E-state index contributed by atoms with van der Waals surface area (Å²) in [6, 6.07) is 16.9. The van der Waals surface area contributed by atoms with E-state index in [4.69, 9.17) is 10.5 Å². The van der Waals surface area contributed by atoms with Gasteiger partial charge in [-0.05, 0) is 12.0 Å². The van der Waals surface area contributed by atoms with Crippen molar-refractivity contribution in [3.05, 3.63) is 72.2 Å². The number of nitrogens with two attached hydrogens (primary N) is 1. The van der Waals surface area contributed by atoms with Gasteiger partial charge in [-0.25, -0.2) is 0 Å². The van der Waals surface area contributed by atoms with Crippen LogP contribution in [-0.2, 0) is 16.1 Å². The first-order valence-corrected chi connectivity index (χ1v) is 8.76. The van der Waals surface area contributed by atoms with Crippen LogP contribution in [0, 0.1) is 0 Å². The van der Waals surface area contributed by atoms with E-state index in [1.165, 1.54) is 0 Å². The fraction of sp³-hybridized carbons (Fsp3) is 0.200. The summed E-state index contributed by atoms with van der Waals surface area (Å²) in [7, 11) is 0. The number of carbonyl (C=O) groups is 1. The molecule has 7 nitrogen and oxygen atoms in total. The van der Waals surface area contributed by atoms with Crippen molar-refractivity contribution in [1.29, 1.82) is 0 Å². The third-order valence-electron chi connectivity index (χ3n) is 4.41. The summed E-state index contributed by atoms with van der Waals surface area (Å²) < 4.78 is 6.93. The van der Waals surface area contributed by atoms with Crippen molar-refractivity contribution >= 4 is 22.4 Å². The normalized spacial score (nSPS) is 12.3. The smallest absolute Gasteiger partial charge is 0.306 e. The van der Waals surface area contributed by atoms with Crippen molar-refractivity contribution in [3.8, 4) is 0 Å². The lowest BCUT2D eigenvalue weighted by Gasteiger charge is -2.10. The molecule has 2 heterocycles. The lowest BCUT2D eigenvalue weighted by atomic mass is 10.1. The summed E-state index contributed by atoms with van der Waals surface area (Å²) in [6.07, 6.45) is 2.37. The van der Waals surface area contributed by atoms with Crippen LogP contribution < -0.4 is 5.73 Å². The van der Waals surface area contributed by atoms with E-state index in [2.05, 4.69) is 15.3 Å². The van der Waals surface area contributed by atoms with E-state index < -0.39 is 6.04 Å². The molecule has 27 heavy (non-hydrogen) atoms. The van der Waals surface area contributed by atoms with Crippen molar-refractivity contribution in [1.82, 2.24) is 19.8 Å². The Bertz CT molecular complexity index is 1080. The van der Waals surface area contributed by atoms with E-state index in [1.807, 2.05) is 54.6 Å². The van der Waals surface area contributed by atoms with Gasteiger partial charge in [0.05, 0.1) is 12.2 Å². The van der Waals surface area contributed by atoms with Crippen molar-refractivity contribution in [2.24, 2.45) is 5.73 Å². The Kier molecular flexibility index (Phi) is 4.76. The monoisotopic (exact) mass is 361 g/mol. The van der Waals surface area contributed by atoms with Gasteiger partial charge in [0.2, 0.25) is 0 Å². The molecule has 1 atom stereocenters. The molecule has 0 amide bonds. The molecule has 0 spiro atoms. The molecule has 0 aliphatic carbocycles. The second-order valence-electron chi connectivity index (χ2n) is 6.32. The number of ether oxygens (including phenoxy) is 1. The topological polar surface area (TPSA) is 95.4 Å². The zero-order chi connectivity index (χ0) is 18.6. The van der Waals surface area contributed by atoms with Gasteiger partial charge in [-0.1, -0.05) is 54.6 Å². The van der Waals surface area contributed by atoms with Crippen molar-refractivity contribution in [3.63, 3.8) is 0 Å². The van der Waals surface area contributed by atoms with Crippen LogP contribution in [0.1, 0.15) is 30.3 Å². The molecule has 0 fully saturated rings. The second-order valence-corrected chi connectivity index (χ2v) is 6.32. The quantitative estimate of drug-likeness (QED) is 0.531. The first-order chi connectivity index (χ1) is 13.2. The maximum atomic E-state index is 12.0. The summed E-state index contributed by atoms with van der Waals surface area (Å²) in [5, 5.41) is 14.8. The van der Waals surface area contributed by atoms with Gasteiger partial charge in [-0.2, -0.15) is 9.61 Å². The number of benzene rings is 2. The molecule has 2 aromatic heterocycles. The number of aromatic nitrogens is 4. The van der Waals surface area contributed by atoms with E-state index in [1.54, 1.807) is 10.7 Å². The van der Waals surface area contributed by atoms with E-state index in [0.717, 1.165) is 16.3 Å². The molecule has 0 radical (unpaired) electrons. The van der Waals surface area contributed by atoms with Crippen LogP contribution in [0.5, 0.6) is 0 Å². The number of rotatable bonds is 6. The second kappa shape index (κ2) is 7.51. The molecule has 0 bridgehead atoms.